The second-order valence-corrected chi connectivity index (χ2v) is 8.84. The van der Waals surface area contributed by atoms with Gasteiger partial charge >= 0.3 is 0 Å². The molecule has 0 saturated carbocycles. The van der Waals surface area contributed by atoms with Gasteiger partial charge in [0.1, 0.15) is 15.8 Å². The third-order valence-electron chi connectivity index (χ3n) is 4.43. The molecule has 0 spiro atoms. The minimum absolute atomic E-state index is 0.222. The van der Waals surface area contributed by atoms with Crippen molar-refractivity contribution in [3.63, 3.8) is 0 Å². The van der Waals surface area contributed by atoms with Crippen LogP contribution in [0.4, 0.5) is 5.82 Å². The Morgan fingerprint density at radius 2 is 2.14 bits per heavy atom. The van der Waals surface area contributed by atoms with E-state index in [1.807, 2.05) is 13.0 Å². The standard InChI is InChI=1S/C20H24N4O3S2/c1-12(2)11-21-16-14(18(25)23-7-5-6-13(3)17(23)22-16)10-15-19(26)24(8-9-27-4)20(28)29-15/h5-7,10,12,21H,8-9,11H2,1-4H3. The number of amides is 1. The first-order valence-corrected chi connectivity index (χ1v) is 10.6. The van der Waals surface area contributed by atoms with Crippen LogP contribution >= 0.6 is 24.0 Å². The van der Waals surface area contributed by atoms with Crippen LogP contribution in [0.3, 0.4) is 0 Å². The van der Waals surface area contributed by atoms with Crippen LogP contribution in [-0.2, 0) is 9.53 Å². The number of carbonyl (C=O) groups excluding carboxylic acids is 1. The molecule has 1 amide bonds. The van der Waals surface area contributed by atoms with Crippen molar-refractivity contribution < 1.29 is 9.53 Å². The van der Waals surface area contributed by atoms with Crippen LogP contribution in [0.5, 0.6) is 0 Å². The molecule has 0 bridgehead atoms. The summed E-state index contributed by atoms with van der Waals surface area (Å²) >= 11 is 6.51. The van der Waals surface area contributed by atoms with Gasteiger partial charge in [-0.2, -0.15) is 0 Å². The van der Waals surface area contributed by atoms with Crippen LogP contribution in [0, 0.1) is 12.8 Å². The predicted molar refractivity (Wildman–Crippen MR) is 121 cm³/mol. The van der Waals surface area contributed by atoms with Crippen molar-refractivity contribution in [2.45, 2.75) is 20.8 Å². The van der Waals surface area contributed by atoms with Crippen LogP contribution in [-0.4, -0.2) is 51.3 Å². The van der Waals surface area contributed by atoms with Gasteiger partial charge in [0.25, 0.3) is 11.5 Å². The SMILES string of the molecule is COCCN1C(=O)C(=Cc2c(NCC(C)C)nc3c(C)cccn3c2=O)SC1=S. The Bertz CT molecular complexity index is 1050. The molecule has 2 aromatic rings. The normalized spacial score (nSPS) is 15.9. The van der Waals surface area contributed by atoms with Gasteiger partial charge in [0.05, 0.1) is 23.6 Å². The lowest BCUT2D eigenvalue weighted by Crippen LogP contribution is -2.31. The summed E-state index contributed by atoms with van der Waals surface area (Å²) in [5.41, 5.74) is 1.61. The number of rotatable bonds is 7. The minimum atomic E-state index is -0.230. The number of fused-ring (bicyclic) bond motifs is 1. The molecule has 7 nitrogen and oxygen atoms in total. The van der Waals surface area contributed by atoms with Crippen molar-refractivity contribution in [1.82, 2.24) is 14.3 Å². The molecule has 9 heteroatoms. The van der Waals surface area contributed by atoms with Crippen LogP contribution in [0.2, 0.25) is 0 Å². The van der Waals surface area contributed by atoms with E-state index >= 15 is 0 Å². The molecule has 154 valence electrons. The highest BCUT2D eigenvalue weighted by Gasteiger charge is 2.32. The summed E-state index contributed by atoms with van der Waals surface area (Å²) < 4.78 is 7.02. The molecule has 0 unspecified atom stereocenters. The third kappa shape index (κ3) is 4.52. The fourth-order valence-electron chi connectivity index (χ4n) is 2.88. The fourth-order valence-corrected chi connectivity index (χ4v) is 4.17. The van der Waals surface area contributed by atoms with E-state index in [4.69, 9.17) is 17.0 Å². The Balaban J connectivity index is 2.10. The van der Waals surface area contributed by atoms with Gasteiger partial charge in [-0.15, -0.1) is 0 Å². The molecule has 2 aromatic heterocycles. The number of hydrogen-bond donors (Lipinski definition) is 1. The lowest BCUT2D eigenvalue weighted by atomic mass is 10.2. The van der Waals surface area contributed by atoms with Gasteiger partial charge < -0.3 is 10.1 Å². The van der Waals surface area contributed by atoms with Crippen molar-refractivity contribution in [3.05, 3.63) is 44.7 Å². The number of aromatic nitrogens is 2. The number of nitrogens with one attached hydrogen (secondary N) is 1. The number of hydrogen-bond acceptors (Lipinski definition) is 7. The quantitative estimate of drug-likeness (QED) is 0.532. The van der Waals surface area contributed by atoms with E-state index in [1.165, 1.54) is 21.1 Å². The summed E-state index contributed by atoms with van der Waals surface area (Å²) in [6.45, 7) is 7.49. The molecule has 29 heavy (non-hydrogen) atoms. The molecule has 1 saturated heterocycles. The van der Waals surface area contributed by atoms with Crippen LogP contribution in [0.15, 0.2) is 28.0 Å². The summed E-state index contributed by atoms with van der Waals surface area (Å²) in [6.07, 6.45) is 3.28. The monoisotopic (exact) mass is 432 g/mol. The number of methoxy groups -OCH3 is 1. The summed E-state index contributed by atoms with van der Waals surface area (Å²) in [4.78, 5) is 32.6. The van der Waals surface area contributed by atoms with E-state index in [-0.39, 0.29) is 11.5 Å². The van der Waals surface area contributed by atoms with Gasteiger partial charge in [-0.05, 0) is 30.5 Å². The van der Waals surface area contributed by atoms with E-state index in [1.54, 1.807) is 25.4 Å². The first kappa shape index (κ1) is 21.5. The highest BCUT2D eigenvalue weighted by atomic mass is 32.2. The van der Waals surface area contributed by atoms with Gasteiger partial charge in [0, 0.05) is 19.9 Å². The Labute approximate surface area is 179 Å². The number of pyridine rings is 1. The van der Waals surface area contributed by atoms with Crippen molar-refractivity contribution in [3.8, 4) is 0 Å². The first-order chi connectivity index (χ1) is 13.8. The van der Waals surface area contributed by atoms with Crippen molar-refractivity contribution in [2.75, 3.05) is 32.1 Å². The molecular formula is C20H24N4O3S2. The zero-order valence-electron chi connectivity index (χ0n) is 16.9. The van der Waals surface area contributed by atoms with Crippen LogP contribution < -0.4 is 10.9 Å². The molecule has 3 heterocycles. The van der Waals surface area contributed by atoms with Gasteiger partial charge in [-0.3, -0.25) is 18.9 Å². The second-order valence-electron chi connectivity index (χ2n) is 7.16. The second kappa shape index (κ2) is 9.06. The Morgan fingerprint density at radius 3 is 2.83 bits per heavy atom. The van der Waals surface area contributed by atoms with E-state index in [9.17, 15) is 9.59 Å². The summed E-state index contributed by atoms with van der Waals surface area (Å²) in [5.74, 6) is 0.619. The number of thiocarbonyl (C=S) groups is 1. The molecule has 1 aliphatic heterocycles. The number of aryl methyl sites for hydroxylation is 1. The minimum Gasteiger partial charge on any atom is -0.383 e. The summed E-state index contributed by atoms with van der Waals surface area (Å²) in [6, 6.07) is 3.72. The molecule has 1 fully saturated rings. The number of anilines is 1. The molecule has 0 aliphatic carbocycles. The van der Waals surface area contributed by atoms with E-state index < -0.39 is 0 Å². The van der Waals surface area contributed by atoms with Gasteiger partial charge in [-0.1, -0.05) is 43.9 Å². The molecule has 1 N–H and O–H groups in total. The Morgan fingerprint density at radius 1 is 1.38 bits per heavy atom. The smallest absolute Gasteiger partial charge is 0.267 e. The van der Waals surface area contributed by atoms with Gasteiger partial charge in [0.15, 0.2) is 0 Å². The number of ether oxygens (including phenoxy) is 1. The number of nitrogens with zero attached hydrogens (tertiary/aromatic N) is 3. The van der Waals surface area contributed by atoms with Gasteiger partial charge in [-0.25, -0.2) is 4.98 Å². The lowest BCUT2D eigenvalue weighted by molar-refractivity contribution is -0.122. The molecule has 0 radical (unpaired) electrons. The predicted octanol–water partition coefficient (Wildman–Crippen LogP) is 2.92. The zero-order chi connectivity index (χ0) is 21.1. The topological polar surface area (TPSA) is 75.9 Å². The number of thioether (sulfide) groups is 1. The zero-order valence-corrected chi connectivity index (χ0v) is 18.5. The third-order valence-corrected chi connectivity index (χ3v) is 5.81. The van der Waals surface area contributed by atoms with Crippen LogP contribution in [0.25, 0.3) is 11.7 Å². The average molecular weight is 433 g/mol. The summed E-state index contributed by atoms with van der Waals surface area (Å²) in [7, 11) is 1.57. The largest absolute Gasteiger partial charge is 0.383 e. The first-order valence-electron chi connectivity index (χ1n) is 9.33. The maximum absolute atomic E-state index is 13.2. The summed E-state index contributed by atoms with van der Waals surface area (Å²) in [5, 5.41) is 3.26. The number of carbonyl (C=O) groups is 1. The lowest BCUT2D eigenvalue weighted by Gasteiger charge is -2.14. The van der Waals surface area contributed by atoms with Crippen molar-refractivity contribution >= 4 is 51.7 Å². The Kier molecular flexibility index (Phi) is 6.71. The van der Waals surface area contributed by atoms with Crippen LogP contribution in [0.1, 0.15) is 25.0 Å². The molecule has 0 aromatic carbocycles. The maximum atomic E-state index is 13.2. The van der Waals surface area contributed by atoms with Crippen molar-refractivity contribution in [1.29, 1.82) is 0 Å². The van der Waals surface area contributed by atoms with Crippen molar-refractivity contribution in [2.24, 2.45) is 5.92 Å². The molecule has 0 atom stereocenters. The van der Waals surface area contributed by atoms with E-state index in [2.05, 4.69) is 24.1 Å². The average Bonchev–Trinajstić information content (AvgIpc) is 2.94. The highest BCUT2D eigenvalue weighted by Crippen LogP contribution is 2.32. The molecular weight excluding hydrogens is 408 g/mol. The fraction of sp³-hybridized carbons (Fsp3) is 0.400. The van der Waals surface area contributed by atoms with Gasteiger partial charge in [0.2, 0.25) is 0 Å². The Hall–Kier alpha value is -2.23. The maximum Gasteiger partial charge on any atom is 0.267 e. The molecule has 1 aliphatic rings. The molecule has 3 rings (SSSR count). The highest BCUT2D eigenvalue weighted by molar-refractivity contribution is 8.26. The van der Waals surface area contributed by atoms with E-state index in [0.717, 1.165) is 5.56 Å². The van der Waals surface area contributed by atoms with E-state index in [0.29, 0.717) is 51.9 Å².